The molecule has 96 valence electrons. The highest BCUT2D eigenvalue weighted by Gasteiger charge is 2.13. The monoisotopic (exact) mass is 266 g/mol. The van der Waals surface area contributed by atoms with Gasteiger partial charge in [-0.05, 0) is 17.9 Å². The first-order valence-electron chi connectivity index (χ1n) is 5.59. The summed E-state index contributed by atoms with van der Waals surface area (Å²) >= 11 is 1.54. The molecule has 0 saturated carbocycles. The lowest BCUT2D eigenvalue weighted by atomic mass is 10.3. The van der Waals surface area contributed by atoms with Crippen LogP contribution in [0.25, 0.3) is 10.6 Å². The van der Waals surface area contributed by atoms with E-state index < -0.39 is 0 Å². The van der Waals surface area contributed by atoms with Crippen molar-refractivity contribution in [2.45, 2.75) is 6.42 Å². The number of amides is 1. The lowest BCUT2D eigenvalue weighted by molar-refractivity contribution is 0.0939. The van der Waals surface area contributed by atoms with Crippen LogP contribution >= 0.6 is 11.3 Å². The second-order valence-corrected chi connectivity index (χ2v) is 4.60. The minimum Gasteiger partial charge on any atom is -0.385 e. The molecule has 0 spiro atoms. The number of carbonyl (C=O) groups excluding carboxylic acids is 1. The maximum absolute atomic E-state index is 11.7. The third kappa shape index (κ3) is 3.18. The van der Waals surface area contributed by atoms with Crippen molar-refractivity contribution < 1.29 is 14.1 Å². The summed E-state index contributed by atoms with van der Waals surface area (Å²) in [6.45, 7) is 1.19. The topological polar surface area (TPSA) is 64.4 Å². The maximum atomic E-state index is 11.7. The first-order chi connectivity index (χ1) is 8.81. The number of hydrogen-bond acceptors (Lipinski definition) is 5. The molecule has 0 fully saturated rings. The van der Waals surface area contributed by atoms with E-state index in [4.69, 9.17) is 9.26 Å². The highest BCUT2D eigenvalue weighted by Crippen LogP contribution is 2.24. The van der Waals surface area contributed by atoms with Crippen LogP contribution in [-0.2, 0) is 4.74 Å². The first-order valence-corrected chi connectivity index (χ1v) is 6.47. The Morgan fingerprint density at radius 3 is 3.22 bits per heavy atom. The molecule has 0 aromatic carbocycles. The minimum atomic E-state index is -0.224. The summed E-state index contributed by atoms with van der Waals surface area (Å²) in [5.41, 5.74) is 0.302. The molecule has 0 unspecified atom stereocenters. The van der Waals surface area contributed by atoms with Crippen LogP contribution in [0.1, 0.15) is 16.9 Å². The molecule has 18 heavy (non-hydrogen) atoms. The summed E-state index contributed by atoms with van der Waals surface area (Å²) in [7, 11) is 1.63. The minimum absolute atomic E-state index is 0.224. The standard InChI is InChI=1S/C12H14N2O3S/c1-16-6-3-5-13-12(15)9-8-10(17-14-9)11-4-2-7-18-11/h2,4,7-8H,3,5-6H2,1H3,(H,13,15). The van der Waals surface area contributed by atoms with E-state index in [0.29, 0.717) is 24.6 Å². The van der Waals surface area contributed by atoms with Crippen molar-refractivity contribution in [3.63, 3.8) is 0 Å². The Labute approximate surface area is 109 Å². The second-order valence-electron chi connectivity index (χ2n) is 3.66. The van der Waals surface area contributed by atoms with E-state index in [9.17, 15) is 4.79 Å². The summed E-state index contributed by atoms with van der Waals surface area (Å²) in [5, 5.41) is 8.46. The van der Waals surface area contributed by atoms with E-state index in [-0.39, 0.29) is 5.91 Å². The fourth-order valence-electron chi connectivity index (χ4n) is 1.43. The number of aromatic nitrogens is 1. The van der Waals surface area contributed by atoms with Gasteiger partial charge in [0, 0.05) is 26.3 Å². The van der Waals surface area contributed by atoms with Gasteiger partial charge in [0.25, 0.3) is 5.91 Å². The van der Waals surface area contributed by atoms with Crippen LogP contribution in [0.4, 0.5) is 0 Å². The van der Waals surface area contributed by atoms with Crippen molar-refractivity contribution in [1.29, 1.82) is 0 Å². The van der Waals surface area contributed by atoms with E-state index >= 15 is 0 Å². The molecule has 0 atom stereocenters. The van der Waals surface area contributed by atoms with Crippen LogP contribution in [-0.4, -0.2) is 31.3 Å². The van der Waals surface area contributed by atoms with Crippen LogP contribution < -0.4 is 5.32 Å². The van der Waals surface area contributed by atoms with Gasteiger partial charge in [-0.25, -0.2) is 0 Å². The van der Waals surface area contributed by atoms with Gasteiger partial charge in [0.2, 0.25) is 0 Å². The van der Waals surface area contributed by atoms with Crippen molar-refractivity contribution >= 4 is 17.2 Å². The Morgan fingerprint density at radius 2 is 2.50 bits per heavy atom. The predicted molar refractivity (Wildman–Crippen MR) is 68.6 cm³/mol. The second kappa shape index (κ2) is 6.32. The maximum Gasteiger partial charge on any atom is 0.273 e. The Balaban J connectivity index is 1.91. The normalized spacial score (nSPS) is 10.5. The van der Waals surface area contributed by atoms with Gasteiger partial charge >= 0.3 is 0 Å². The zero-order valence-electron chi connectivity index (χ0n) is 10.0. The molecule has 2 aromatic rings. The lowest BCUT2D eigenvalue weighted by Gasteiger charge is -2.01. The molecule has 2 heterocycles. The Bertz CT molecular complexity index is 493. The van der Waals surface area contributed by atoms with Crippen LogP contribution in [0.15, 0.2) is 28.1 Å². The van der Waals surface area contributed by atoms with Gasteiger partial charge in [0.15, 0.2) is 11.5 Å². The number of ether oxygens (including phenoxy) is 1. The van der Waals surface area contributed by atoms with Crippen molar-refractivity contribution in [3.05, 3.63) is 29.3 Å². The molecule has 0 aliphatic rings. The number of thiophene rings is 1. The number of hydrogen-bond donors (Lipinski definition) is 1. The number of rotatable bonds is 6. The van der Waals surface area contributed by atoms with Crippen molar-refractivity contribution in [3.8, 4) is 10.6 Å². The van der Waals surface area contributed by atoms with E-state index in [0.717, 1.165) is 11.3 Å². The van der Waals surface area contributed by atoms with E-state index in [1.807, 2.05) is 17.5 Å². The van der Waals surface area contributed by atoms with Crippen LogP contribution in [0.2, 0.25) is 0 Å². The molecule has 0 aliphatic heterocycles. The molecule has 6 heteroatoms. The summed E-state index contributed by atoms with van der Waals surface area (Å²) in [5.74, 6) is 0.393. The zero-order valence-corrected chi connectivity index (χ0v) is 10.8. The average Bonchev–Trinajstić information content (AvgIpc) is 3.03. The summed E-state index contributed by atoms with van der Waals surface area (Å²) in [4.78, 5) is 12.7. The number of nitrogens with zero attached hydrogens (tertiary/aromatic N) is 1. The van der Waals surface area contributed by atoms with E-state index in [1.165, 1.54) is 0 Å². The third-order valence-corrected chi connectivity index (χ3v) is 3.20. The molecule has 0 bridgehead atoms. The quantitative estimate of drug-likeness (QED) is 0.814. The van der Waals surface area contributed by atoms with Gasteiger partial charge in [0.1, 0.15) is 0 Å². The van der Waals surface area contributed by atoms with Crippen molar-refractivity contribution in [1.82, 2.24) is 10.5 Å². The number of methoxy groups -OCH3 is 1. The third-order valence-electron chi connectivity index (χ3n) is 2.32. The molecular formula is C12H14N2O3S. The molecule has 2 rings (SSSR count). The molecule has 5 nitrogen and oxygen atoms in total. The Morgan fingerprint density at radius 1 is 1.61 bits per heavy atom. The molecule has 2 aromatic heterocycles. The zero-order chi connectivity index (χ0) is 12.8. The van der Waals surface area contributed by atoms with Gasteiger partial charge < -0.3 is 14.6 Å². The number of carbonyl (C=O) groups is 1. The summed E-state index contributed by atoms with van der Waals surface area (Å²) < 4.78 is 10.0. The molecule has 1 N–H and O–H groups in total. The van der Waals surface area contributed by atoms with Crippen LogP contribution in [0, 0.1) is 0 Å². The Hall–Kier alpha value is -1.66. The Kier molecular flexibility index (Phi) is 4.49. The fraction of sp³-hybridized carbons (Fsp3) is 0.333. The van der Waals surface area contributed by atoms with Crippen LogP contribution in [0.3, 0.4) is 0 Å². The summed E-state index contributed by atoms with van der Waals surface area (Å²) in [6, 6.07) is 5.50. The lowest BCUT2D eigenvalue weighted by Crippen LogP contribution is -2.25. The van der Waals surface area contributed by atoms with Gasteiger partial charge in [-0.15, -0.1) is 11.3 Å². The SMILES string of the molecule is COCCCNC(=O)c1cc(-c2cccs2)on1. The van der Waals surface area contributed by atoms with E-state index in [2.05, 4.69) is 10.5 Å². The van der Waals surface area contributed by atoms with Gasteiger partial charge in [-0.1, -0.05) is 11.2 Å². The highest BCUT2D eigenvalue weighted by molar-refractivity contribution is 7.13. The number of nitrogens with one attached hydrogen (secondary N) is 1. The molecular weight excluding hydrogens is 252 g/mol. The predicted octanol–water partition coefficient (Wildman–Crippen LogP) is 2.17. The van der Waals surface area contributed by atoms with Gasteiger partial charge in [0.05, 0.1) is 4.88 Å². The van der Waals surface area contributed by atoms with Gasteiger partial charge in [-0.3, -0.25) is 4.79 Å². The summed E-state index contributed by atoms with van der Waals surface area (Å²) in [6.07, 6.45) is 0.776. The van der Waals surface area contributed by atoms with Crippen LogP contribution in [0.5, 0.6) is 0 Å². The van der Waals surface area contributed by atoms with Crippen molar-refractivity contribution in [2.75, 3.05) is 20.3 Å². The van der Waals surface area contributed by atoms with Gasteiger partial charge in [-0.2, -0.15) is 0 Å². The molecule has 0 saturated heterocycles. The molecule has 1 amide bonds. The fourth-order valence-corrected chi connectivity index (χ4v) is 2.10. The molecule has 0 radical (unpaired) electrons. The average molecular weight is 266 g/mol. The van der Waals surface area contributed by atoms with Crippen molar-refractivity contribution in [2.24, 2.45) is 0 Å². The first kappa shape index (κ1) is 12.8. The highest BCUT2D eigenvalue weighted by atomic mass is 32.1. The largest absolute Gasteiger partial charge is 0.385 e. The smallest absolute Gasteiger partial charge is 0.273 e. The van der Waals surface area contributed by atoms with E-state index in [1.54, 1.807) is 24.5 Å². The molecule has 0 aliphatic carbocycles.